The van der Waals surface area contributed by atoms with Crippen molar-refractivity contribution in [2.24, 2.45) is 5.41 Å². The fourth-order valence-corrected chi connectivity index (χ4v) is 2.39. The molecule has 0 atom stereocenters. The predicted molar refractivity (Wildman–Crippen MR) is 97.2 cm³/mol. The van der Waals surface area contributed by atoms with Crippen LogP contribution < -0.4 is 10.6 Å². The van der Waals surface area contributed by atoms with Crippen LogP contribution in [0.25, 0.3) is 0 Å². The van der Waals surface area contributed by atoms with Crippen molar-refractivity contribution in [1.29, 1.82) is 0 Å². The summed E-state index contributed by atoms with van der Waals surface area (Å²) in [5.74, 6) is -0.802. The lowest BCUT2D eigenvalue weighted by Crippen LogP contribution is -2.44. The minimum atomic E-state index is -1.25. The number of halogens is 2. The largest absolute Gasteiger partial charge is 0.351 e. The second-order valence-corrected chi connectivity index (χ2v) is 6.71. The van der Waals surface area contributed by atoms with Crippen LogP contribution >= 0.6 is 23.2 Å². The Morgan fingerprint density at radius 2 is 1.71 bits per heavy atom. The van der Waals surface area contributed by atoms with Gasteiger partial charge in [0.1, 0.15) is 5.41 Å². The lowest BCUT2D eigenvalue weighted by Gasteiger charge is -2.23. The standard InChI is InChI=1S/C18H18Cl2N2O2/c1-18(2,17(24)22-14-8-5-7-13(19)10-14)16(23)21-11-12-6-3-4-9-15(12)20/h3-10H,11H2,1-2H3,(H,21,23)(H,22,24). The average Bonchev–Trinajstić information content (AvgIpc) is 2.53. The van der Waals surface area contributed by atoms with Crippen molar-refractivity contribution in [2.45, 2.75) is 20.4 Å². The fraction of sp³-hybridized carbons (Fsp3) is 0.222. The Bertz CT molecular complexity index is 760. The molecular formula is C18H18Cl2N2O2. The number of nitrogens with one attached hydrogen (secondary N) is 2. The van der Waals surface area contributed by atoms with Crippen molar-refractivity contribution in [2.75, 3.05) is 5.32 Å². The van der Waals surface area contributed by atoms with Gasteiger partial charge in [-0.15, -0.1) is 0 Å². The lowest BCUT2D eigenvalue weighted by molar-refractivity contribution is -0.138. The number of hydrogen-bond donors (Lipinski definition) is 2. The zero-order valence-electron chi connectivity index (χ0n) is 13.4. The number of carbonyl (C=O) groups excluding carboxylic acids is 2. The van der Waals surface area contributed by atoms with E-state index in [0.29, 0.717) is 15.7 Å². The highest BCUT2D eigenvalue weighted by molar-refractivity contribution is 6.31. The molecule has 0 aromatic heterocycles. The molecule has 0 saturated carbocycles. The third kappa shape index (κ3) is 4.49. The topological polar surface area (TPSA) is 58.2 Å². The minimum Gasteiger partial charge on any atom is -0.351 e. The van der Waals surface area contributed by atoms with E-state index < -0.39 is 11.3 Å². The van der Waals surface area contributed by atoms with Crippen LogP contribution in [0, 0.1) is 5.41 Å². The monoisotopic (exact) mass is 364 g/mol. The molecule has 126 valence electrons. The van der Waals surface area contributed by atoms with Crippen molar-refractivity contribution in [3.63, 3.8) is 0 Å². The van der Waals surface area contributed by atoms with Crippen molar-refractivity contribution < 1.29 is 9.59 Å². The smallest absolute Gasteiger partial charge is 0.239 e. The van der Waals surface area contributed by atoms with Crippen LogP contribution in [0.15, 0.2) is 48.5 Å². The molecule has 0 aliphatic carbocycles. The molecule has 0 spiro atoms. The first-order valence-corrected chi connectivity index (χ1v) is 8.15. The van der Waals surface area contributed by atoms with Crippen LogP contribution in [-0.4, -0.2) is 11.8 Å². The second kappa shape index (κ2) is 7.69. The van der Waals surface area contributed by atoms with Gasteiger partial charge < -0.3 is 10.6 Å². The highest BCUT2D eigenvalue weighted by Gasteiger charge is 2.36. The molecule has 0 radical (unpaired) electrons. The van der Waals surface area contributed by atoms with Crippen molar-refractivity contribution in [1.82, 2.24) is 5.32 Å². The zero-order valence-corrected chi connectivity index (χ0v) is 14.9. The predicted octanol–water partition coefficient (Wildman–Crippen LogP) is 4.27. The summed E-state index contributed by atoms with van der Waals surface area (Å²) in [5, 5.41) is 6.53. The van der Waals surface area contributed by atoms with E-state index in [0.717, 1.165) is 5.56 Å². The first-order valence-electron chi connectivity index (χ1n) is 7.39. The van der Waals surface area contributed by atoms with E-state index in [-0.39, 0.29) is 12.5 Å². The summed E-state index contributed by atoms with van der Waals surface area (Å²) in [7, 11) is 0. The molecule has 24 heavy (non-hydrogen) atoms. The van der Waals surface area contributed by atoms with E-state index in [4.69, 9.17) is 23.2 Å². The molecule has 0 saturated heterocycles. The third-order valence-corrected chi connectivity index (χ3v) is 4.22. The fourth-order valence-electron chi connectivity index (χ4n) is 1.99. The molecule has 4 nitrogen and oxygen atoms in total. The molecule has 0 aliphatic heterocycles. The average molecular weight is 365 g/mol. The van der Waals surface area contributed by atoms with Crippen LogP contribution in [0.5, 0.6) is 0 Å². The van der Waals surface area contributed by atoms with Gasteiger partial charge in [0.2, 0.25) is 11.8 Å². The molecule has 0 fully saturated rings. The molecule has 0 aliphatic rings. The van der Waals surface area contributed by atoms with Crippen LogP contribution in [0.2, 0.25) is 10.0 Å². The van der Waals surface area contributed by atoms with Gasteiger partial charge >= 0.3 is 0 Å². The van der Waals surface area contributed by atoms with E-state index in [1.807, 2.05) is 18.2 Å². The van der Waals surface area contributed by atoms with Gasteiger partial charge in [-0.1, -0.05) is 47.5 Å². The van der Waals surface area contributed by atoms with Crippen LogP contribution in [0.4, 0.5) is 5.69 Å². The first-order chi connectivity index (χ1) is 11.3. The Labute approximate surface area is 151 Å². The summed E-state index contributed by atoms with van der Waals surface area (Å²) in [6, 6.07) is 14.0. The Kier molecular flexibility index (Phi) is 5.86. The van der Waals surface area contributed by atoms with Crippen LogP contribution in [-0.2, 0) is 16.1 Å². The normalized spacial score (nSPS) is 11.0. The minimum absolute atomic E-state index is 0.256. The van der Waals surface area contributed by atoms with Gasteiger partial charge in [0.25, 0.3) is 0 Å². The summed E-state index contributed by atoms with van der Waals surface area (Å²) < 4.78 is 0. The van der Waals surface area contributed by atoms with Crippen molar-refractivity contribution >= 4 is 40.7 Å². The maximum absolute atomic E-state index is 12.4. The van der Waals surface area contributed by atoms with Gasteiger partial charge in [0.05, 0.1) is 0 Å². The molecule has 2 rings (SSSR count). The number of hydrogen-bond acceptors (Lipinski definition) is 2. The molecule has 0 bridgehead atoms. The van der Waals surface area contributed by atoms with Crippen molar-refractivity contribution in [3.05, 3.63) is 64.1 Å². The maximum atomic E-state index is 12.4. The van der Waals surface area contributed by atoms with E-state index in [2.05, 4.69) is 10.6 Å². The molecule has 0 unspecified atom stereocenters. The number of benzene rings is 2. The van der Waals surface area contributed by atoms with Crippen molar-refractivity contribution in [3.8, 4) is 0 Å². The summed E-state index contributed by atoms with van der Waals surface area (Å²) >= 11 is 12.0. The highest BCUT2D eigenvalue weighted by Crippen LogP contribution is 2.22. The van der Waals surface area contributed by atoms with Gasteiger partial charge in [0, 0.05) is 22.3 Å². The SMILES string of the molecule is CC(C)(C(=O)NCc1ccccc1Cl)C(=O)Nc1cccc(Cl)c1. The Morgan fingerprint density at radius 1 is 1.00 bits per heavy atom. The highest BCUT2D eigenvalue weighted by atomic mass is 35.5. The van der Waals surface area contributed by atoms with E-state index in [1.54, 1.807) is 44.2 Å². The molecular weight excluding hydrogens is 347 g/mol. The first kappa shape index (κ1) is 18.3. The maximum Gasteiger partial charge on any atom is 0.239 e. The molecule has 2 amide bonds. The van der Waals surface area contributed by atoms with Crippen LogP contribution in [0.1, 0.15) is 19.4 Å². The Hall–Kier alpha value is -2.04. The lowest BCUT2D eigenvalue weighted by atomic mass is 9.90. The zero-order chi connectivity index (χ0) is 17.7. The van der Waals surface area contributed by atoms with Gasteiger partial charge in [-0.05, 0) is 43.7 Å². The Balaban J connectivity index is 2.01. The summed E-state index contributed by atoms with van der Waals surface area (Å²) in [6.07, 6.45) is 0. The number of carbonyl (C=O) groups is 2. The second-order valence-electron chi connectivity index (χ2n) is 5.86. The molecule has 0 heterocycles. The van der Waals surface area contributed by atoms with E-state index >= 15 is 0 Å². The van der Waals surface area contributed by atoms with Gasteiger partial charge in [-0.25, -0.2) is 0 Å². The third-order valence-electron chi connectivity index (χ3n) is 3.62. The molecule has 2 aromatic rings. The van der Waals surface area contributed by atoms with E-state index in [1.165, 1.54) is 0 Å². The van der Waals surface area contributed by atoms with Gasteiger partial charge in [0.15, 0.2) is 0 Å². The summed E-state index contributed by atoms with van der Waals surface area (Å²) in [4.78, 5) is 24.8. The number of amides is 2. The number of rotatable bonds is 5. The Morgan fingerprint density at radius 3 is 2.38 bits per heavy atom. The van der Waals surface area contributed by atoms with Gasteiger partial charge in [-0.3, -0.25) is 9.59 Å². The molecule has 2 N–H and O–H groups in total. The molecule has 2 aromatic carbocycles. The quantitative estimate of drug-likeness (QED) is 0.778. The summed E-state index contributed by atoms with van der Waals surface area (Å²) in [6.45, 7) is 3.38. The van der Waals surface area contributed by atoms with E-state index in [9.17, 15) is 9.59 Å². The molecule has 6 heteroatoms. The van der Waals surface area contributed by atoms with Crippen LogP contribution in [0.3, 0.4) is 0 Å². The summed E-state index contributed by atoms with van der Waals surface area (Å²) in [5.41, 5.74) is 0.0851. The number of anilines is 1. The van der Waals surface area contributed by atoms with Gasteiger partial charge in [-0.2, -0.15) is 0 Å².